The molecule has 0 radical (unpaired) electrons. The first-order valence-corrected chi connectivity index (χ1v) is 9.16. The van der Waals surface area contributed by atoms with Crippen molar-refractivity contribution in [1.29, 1.82) is 0 Å². The average Bonchev–Trinajstić information content (AvgIpc) is 3.19. The Labute approximate surface area is 167 Å². The van der Waals surface area contributed by atoms with E-state index in [2.05, 4.69) is 15.4 Å². The molecule has 6 heteroatoms. The summed E-state index contributed by atoms with van der Waals surface area (Å²) in [6.45, 7) is 0.377. The first-order chi connectivity index (χ1) is 13.7. The number of amides is 1. The second kappa shape index (κ2) is 8.06. The molecule has 28 heavy (non-hydrogen) atoms. The van der Waals surface area contributed by atoms with Crippen LogP contribution >= 0.6 is 11.6 Å². The van der Waals surface area contributed by atoms with Crippen LogP contribution in [0.2, 0.25) is 5.02 Å². The largest absolute Gasteiger partial charge is 0.348 e. The lowest BCUT2D eigenvalue weighted by Crippen LogP contribution is -2.23. The van der Waals surface area contributed by atoms with Gasteiger partial charge in [-0.15, -0.1) is 0 Å². The van der Waals surface area contributed by atoms with Gasteiger partial charge >= 0.3 is 0 Å². The van der Waals surface area contributed by atoms with Gasteiger partial charge < -0.3 is 5.32 Å². The van der Waals surface area contributed by atoms with Crippen LogP contribution in [0, 0.1) is 0 Å². The quantitative estimate of drug-likeness (QED) is 0.547. The Bertz CT molecular complexity index is 1090. The van der Waals surface area contributed by atoms with Gasteiger partial charge in [-0.3, -0.25) is 9.78 Å². The summed E-state index contributed by atoms with van der Waals surface area (Å²) >= 11 is 6.02. The van der Waals surface area contributed by atoms with Crippen LogP contribution in [0.1, 0.15) is 15.9 Å². The summed E-state index contributed by atoms with van der Waals surface area (Å²) in [6, 6.07) is 20.8. The molecule has 138 valence electrons. The number of aromatic nitrogens is 3. The lowest BCUT2D eigenvalue weighted by molar-refractivity contribution is 0.0951. The summed E-state index contributed by atoms with van der Waals surface area (Å²) < 4.78 is 1.70. The minimum absolute atomic E-state index is 0.207. The third-order valence-corrected chi connectivity index (χ3v) is 4.49. The van der Waals surface area contributed by atoms with Crippen LogP contribution in [0.4, 0.5) is 0 Å². The van der Waals surface area contributed by atoms with E-state index >= 15 is 0 Å². The molecule has 0 spiro atoms. The minimum Gasteiger partial charge on any atom is -0.348 e. The number of para-hydroxylation sites is 1. The summed E-state index contributed by atoms with van der Waals surface area (Å²) in [5.41, 5.74) is 3.66. The Morgan fingerprint density at radius 1 is 1.04 bits per heavy atom. The molecule has 0 saturated heterocycles. The van der Waals surface area contributed by atoms with E-state index in [1.165, 1.54) is 0 Å². The summed E-state index contributed by atoms with van der Waals surface area (Å²) in [5, 5.41) is 8.22. The number of nitrogens with one attached hydrogen (secondary N) is 1. The first-order valence-electron chi connectivity index (χ1n) is 8.79. The van der Waals surface area contributed by atoms with Crippen molar-refractivity contribution >= 4 is 17.5 Å². The summed E-state index contributed by atoms with van der Waals surface area (Å²) in [7, 11) is 0. The van der Waals surface area contributed by atoms with E-state index in [1.807, 2.05) is 60.7 Å². The van der Waals surface area contributed by atoms with Crippen LogP contribution in [0.5, 0.6) is 0 Å². The third kappa shape index (κ3) is 3.94. The molecule has 2 aromatic heterocycles. The van der Waals surface area contributed by atoms with Gasteiger partial charge in [0.25, 0.3) is 5.91 Å². The Balaban J connectivity index is 1.66. The van der Waals surface area contributed by atoms with Crippen LogP contribution < -0.4 is 5.32 Å². The molecule has 1 amide bonds. The molecule has 0 atom stereocenters. The molecule has 0 bridgehead atoms. The standard InChI is InChI=1S/C22H17ClN4O/c23-18-8-4-6-16(12-18)13-25-22(28)20-15-27(19-9-2-1-3-10-19)26-21(20)17-7-5-11-24-14-17/h1-12,14-15H,13H2,(H,25,28). The van der Waals surface area contributed by atoms with Crippen molar-refractivity contribution in [3.63, 3.8) is 0 Å². The van der Waals surface area contributed by atoms with E-state index in [1.54, 1.807) is 29.3 Å². The topological polar surface area (TPSA) is 59.8 Å². The van der Waals surface area contributed by atoms with Crippen molar-refractivity contribution in [2.45, 2.75) is 6.54 Å². The van der Waals surface area contributed by atoms with Gasteiger partial charge in [0.05, 0.1) is 11.3 Å². The fourth-order valence-electron chi connectivity index (χ4n) is 2.89. The zero-order chi connectivity index (χ0) is 19.3. The maximum absolute atomic E-state index is 12.9. The van der Waals surface area contributed by atoms with E-state index in [0.29, 0.717) is 22.8 Å². The van der Waals surface area contributed by atoms with E-state index < -0.39 is 0 Å². The molecule has 2 aromatic carbocycles. The second-order valence-corrected chi connectivity index (χ2v) is 6.66. The number of halogens is 1. The van der Waals surface area contributed by atoms with Gasteiger partial charge in [-0.1, -0.05) is 41.9 Å². The molecule has 0 aliphatic heterocycles. The number of pyridine rings is 1. The fourth-order valence-corrected chi connectivity index (χ4v) is 3.11. The Hall–Kier alpha value is -3.44. The van der Waals surface area contributed by atoms with Crippen LogP contribution in [0.3, 0.4) is 0 Å². The number of hydrogen-bond acceptors (Lipinski definition) is 3. The number of hydrogen-bond donors (Lipinski definition) is 1. The summed E-state index contributed by atoms with van der Waals surface area (Å²) in [4.78, 5) is 17.1. The number of rotatable bonds is 5. The first kappa shape index (κ1) is 17.9. The molecular formula is C22H17ClN4O. The maximum Gasteiger partial charge on any atom is 0.255 e. The molecular weight excluding hydrogens is 372 g/mol. The number of benzene rings is 2. The van der Waals surface area contributed by atoms with Gasteiger partial charge in [-0.05, 0) is 42.0 Å². The predicted molar refractivity (Wildman–Crippen MR) is 109 cm³/mol. The molecule has 4 rings (SSSR count). The molecule has 0 unspecified atom stereocenters. The Kier molecular flexibility index (Phi) is 5.17. The van der Waals surface area contributed by atoms with Crippen molar-refractivity contribution in [2.24, 2.45) is 0 Å². The highest BCUT2D eigenvalue weighted by atomic mass is 35.5. The second-order valence-electron chi connectivity index (χ2n) is 6.23. The summed E-state index contributed by atoms with van der Waals surface area (Å²) in [6.07, 6.45) is 5.13. The van der Waals surface area contributed by atoms with Gasteiger partial charge in [0.1, 0.15) is 5.69 Å². The average molecular weight is 389 g/mol. The molecule has 0 aliphatic carbocycles. The van der Waals surface area contributed by atoms with Crippen LogP contribution in [0.15, 0.2) is 85.3 Å². The smallest absolute Gasteiger partial charge is 0.255 e. The molecule has 2 heterocycles. The number of carbonyl (C=O) groups is 1. The Morgan fingerprint density at radius 2 is 1.89 bits per heavy atom. The highest BCUT2D eigenvalue weighted by Gasteiger charge is 2.18. The van der Waals surface area contributed by atoms with Gasteiger partial charge in [-0.25, -0.2) is 4.68 Å². The van der Waals surface area contributed by atoms with Crippen LogP contribution in [-0.4, -0.2) is 20.7 Å². The molecule has 4 aromatic rings. The highest BCUT2D eigenvalue weighted by molar-refractivity contribution is 6.30. The zero-order valence-corrected chi connectivity index (χ0v) is 15.7. The third-order valence-electron chi connectivity index (χ3n) is 4.26. The lowest BCUT2D eigenvalue weighted by Gasteiger charge is -2.06. The minimum atomic E-state index is -0.207. The van der Waals surface area contributed by atoms with Crippen LogP contribution in [0.25, 0.3) is 16.9 Å². The molecule has 0 aliphatic rings. The molecule has 0 saturated carbocycles. The van der Waals surface area contributed by atoms with E-state index in [4.69, 9.17) is 11.6 Å². The monoisotopic (exact) mass is 388 g/mol. The molecule has 1 N–H and O–H groups in total. The van der Waals surface area contributed by atoms with E-state index in [0.717, 1.165) is 16.8 Å². The number of nitrogens with zero attached hydrogens (tertiary/aromatic N) is 3. The molecule has 0 fully saturated rings. The van der Waals surface area contributed by atoms with Crippen molar-refractivity contribution < 1.29 is 4.79 Å². The lowest BCUT2D eigenvalue weighted by atomic mass is 10.1. The highest BCUT2D eigenvalue weighted by Crippen LogP contribution is 2.23. The van der Waals surface area contributed by atoms with Crippen molar-refractivity contribution in [1.82, 2.24) is 20.1 Å². The van der Waals surface area contributed by atoms with Gasteiger partial charge in [0.2, 0.25) is 0 Å². The van der Waals surface area contributed by atoms with Gasteiger partial charge in [0.15, 0.2) is 0 Å². The Morgan fingerprint density at radius 3 is 2.64 bits per heavy atom. The normalized spacial score (nSPS) is 10.6. The van der Waals surface area contributed by atoms with Crippen LogP contribution in [-0.2, 0) is 6.54 Å². The number of carbonyl (C=O) groups excluding carboxylic acids is 1. The molecule has 5 nitrogen and oxygen atoms in total. The SMILES string of the molecule is O=C(NCc1cccc(Cl)c1)c1cn(-c2ccccc2)nc1-c1cccnc1. The summed E-state index contributed by atoms with van der Waals surface area (Å²) in [5.74, 6) is -0.207. The predicted octanol–water partition coefficient (Wildman–Crippen LogP) is 4.52. The van der Waals surface area contributed by atoms with E-state index in [-0.39, 0.29) is 5.91 Å². The van der Waals surface area contributed by atoms with Crippen molar-refractivity contribution in [2.75, 3.05) is 0 Å². The maximum atomic E-state index is 12.9. The fraction of sp³-hybridized carbons (Fsp3) is 0.0455. The van der Waals surface area contributed by atoms with Gasteiger partial charge in [-0.2, -0.15) is 5.10 Å². The van der Waals surface area contributed by atoms with Crippen molar-refractivity contribution in [3.05, 3.63) is 101 Å². The van der Waals surface area contributed by atoms with E-state index in [9.17, 15) is 4.79 Å². The zero-order valence-electron chi connectivity index (χ0n) is 14.9. The van der Waals surface area contributed by atoms with Crippen molar-refractivity contribution in [3.8, 4) is 16.9 Å². The van der Waals surface area contributed by atoms with Gasteiger partial charge in [0, 0.05) is 35.7 Å².